The molecule has 0 aromatic rings. The van der Waals surface area contributed by atoms with E-state index in [0.717, 1.165) is 25.8 Å². The van der Waals surface area contributed by atoms with E-state index in [4.69, 9.17) is 10.5 Å². The summed E-state index contributed by atoms with van der Waals surface area (Å²) in [4.78, 5) is 0. The van der Waals surface area contributed by atoms with Crippen molar-refractivity contribution < 1.29 is 4.74 Å². The lowest BCUT2D eigenvalue weighted by molar-refractivity contribution is 0.0341. The smallest absolute Gasteiger partial charge is 0.0744 e. The molecule has 3 atom stereocenters. The molecular weight excluding hydrogens is 188 g/mol. The van der Waals surface area contributed by atoms with Crippen molar-refractivity contribution in [3.63, 3.8) is 0 Å². The topological polar surface area (TPSA) is 47.3 Å². The molecule has 3 heteroatoms. The van der Waals surface area contributed by atoms with E-state index in [1.54, 1.807) is 0 Å². The Hall–Kier alpha value is -0.560. The van der Waals surface area contributed by atoms with Crippen molar-refractivity contribution in [1.29, 1.82) is 0 Å². The van der Waals surface area contributed by atoms with Crippen LogP contribution in [0, 0.1) is 11.8 Å². The number of hydrogen-bond donors (Lipinski definition) is 2. The maximum atomic E-state index is 5.79. The molecule has 0 amide bonds. The lowest BCUT2D eigenvalue weighted by Crippen LogP contribution is -2.45. The molecule has 0 radical (unpaired) electrons. The van der Waals surface area contributed by atoms with Gasteiger partial charge in [0.25, 0.3) is 0 Å². The average Bonchev–Trinajstić information content (AvgIpc) is 2.65. The maximum absolute atomic E-state index is 5.79. The largest absolute Gasteiger partial charge is 0.374 e. The predicted octanol–water partition coefficient (Wildman–Crippen LogP) is 0.884. The Balaban J connectivity index is 2.25. The van der Waals surface area contributed by atoms with Crippen LogP contribution in [-0.2, 0) is 4.74 Å². The number of ether oxygens (including phenoxy) is 1. The van der Waals surface area contributed by atoms with Gasteiger partial charge in [0.05, 0.1) is 12.2 Å². The Morgan fingerprint density at radius 3 is 2.87 bits per heavy atom. The van der Waals surface area contributed by atoms with Crippen molar-refractivity contribution in [2.45, 2.75) is 51.4 Å². The monoisotopic (exact) mass is 210 g/mol. The van der Waals surface area contributed by atoms with Gasteiger partial charge >= 0.3 is 0 Å². The maximum Gasteiger partial charge on any atom is 0.0744 e. The van der Waals surface area contributed by atoms with Crippen LogP contribution in [0.1, 0.15) is 33.1 Å². The van der Waals surface area contributed by atoms with Crippen LogP contribution in [0.2, 0.25) is 0 Å². The summed E-state index contributed by atoms with van der Waals surface area (Å²) in [6.07, 6.45) is 3.84. The van der Waals surface area contributed by atoms with E-state index in [-0.39, 0.29) is 6.04 Å². The van der Waals surface area contributed by atoms with E-state index in [9.17, 15) is 0 Å². The molecule has 0 aromatic carbocycles. The van der Waals surface area contributed by atoms with Gasteiger partial charge in [0.2, 0.25) is 0 Å². The zero-order valence-electron chi connectivity index (χ0n) is 9.75. The number of hydrogen-bond acceptors (Lipinski definition) is 3. The van der Waals surface area contributed by atoms with Crippen LogP contribution < -0.4 is 11.1 Å². The van der Waals surface area contributed by atoms with Gasteiger partial charge < -0.3 is 15.8 Å². The van der Waals surface area contributed by atoms with Gasteiger partial charge in [-0.1, -0.05) is 0 Å². The molecule has 1 fully saturated rings. The Morgan fingerprint density at radius 1 is 1.53 bits per heavy atom. The zero-order chi connectivity index (χ0) is 11.1. The highest BCUT2D eigenvalue weighted by atomic mass is 16.5. The standard InChI is InChI=1S/C12H22N2O/c1-3-4-5-8-14-11(9-13)12-7-6-10(2)15-12/h10-12,14H,5-9,13H2,1-2H3. The third-order valence-corrected chi connectivity index (χ3v) is 2.80. The summed E-state index contributed by atoms with van der Waals surface area (Å²) in [5.74, 6) is 5.92. The number of nitrogens with one attached hydrogen (secondary N) is 1. The summed E-state index contributed by atoms with van der Waals surface area (Å²) in [7, 11) is 0. The van der Waals surface area contributed by atoms with E-state index in [1.165, 1.54) is 0 Å². The van der Waals surface area contributed by atoms with Crippen LogP contribution >= 0.6 is 0 Å². The molecular formula is C12H22N2O. The Morgan fingerprint density at radius 2 is 2.33 bits per heavy atom. The molecule has 1 aliphatic rings. The molecule has 86 valence electrons. The summed E-state index contributed by atoms with van der Waals surface area (Å²) in [5, 5.41) is 3.41. The van der Waals surface area contributed by atoms with Gasteiger partial charge in [0.15, 0.2) is 0 Å². The minimum absolute atomic E-state index is 0.286. The van der Waals surface area contributed by atoms with Crippen LogP contribution in [0.15, 0.2) is 0 Å². The van der Waals surface area contributed by atoms with E-state index in [1.807, 2.05) is 6.92 Å². The van der Waals surface area contributed by atoms with Crippen molar-refractivity contribution in [3.05, 3.63) is 0 Å². The van der Waals surface area contributed by atoms with Crippen LogP contribution in [0.4, 0.5) is 0 Å². The highest BCUT2D eigenvalue weighted by molar-refractivity contribution is 4.95. The van der Waals surface area contributed by atoms with Crippen LogP contribution in [0.3, 0.4) is 0 Å². The summed E-state index contributed by atoms with van der Waals surface area (Å²) < 4.78 is 5.79. The SMILES string of the molecule is CC#CCCNC(CN)C1CCC(C)O1. The first-order valence-corrected chi connectivity index (χ1v) is 5.76. The highest BCUT2D eigenvalue weighted by Gasteiger charge is 2.28. The fourth-order valence-electron chi connectivity index (χ4n) is 1.94. The molecule has 0 saturated carbocycles. The van der Waals surface area contributed by atoms with E-state index in [2.05, 4.69) is 24.1 Å². The summed E-state index contributed by atoms with van der Waals surface area (Å²) in [5.41, 5.74) is 5.73. The molecule has 1 rings (SSSR count). The van der Waals surface area contributed by atoms with Crippen LogP contribution in [0.5, 0.6) is 0 Å². The fourth-order valence-corrected chi connectivity index (χ4v) is 1.94. The zero-order valence-corrected chi connectivity index (χ0v) is 9.75. The first-order valence-electron chi connectivity index (χ1n) is 5.76. The van der Waals surface area contributed by atoms with E-state index >= 15 is 0 Å². The van der Waals surface area contributed by atoms with Gasteiger partial charge in [0.1, 0.15) is 0 Å². The predicted molar refractivity (Wildman–Crippen MR) is 62.5 cm³/mol. The third-order valence-electron chi connectivity index (χ3n) is 2.80. The second kappa shape index (κ2) is 6.84. The highest BCUT2D eigenvalue weighted by Crippen LogP contribution is 2.21. The van der Waals surface area contributed by atoms with Crippen LogP contribution in [0.25, 0.3) is 0 Å². The number of rotatable bonds is 5. The Kier molecular flexibility index (Phi) is 5.70. The van der Waals surface area contributed by atoms with Gasteiger partial charge in [-0.05, 0) is 26.7 Å². The summed E-state index contributed by atoms with van der Waals surface area (Å²) in [6.45, 7) is 5.52. The van der Waals surface area contributed by atoms with Crippen LogP contribution in [-0.4, -0.2) is 31.3 Å². The summed E-state index contributed by atoms with van der Waals surface area (Å²) >= 11 is 0. The van der Waals surface area contributed by atoms with Gasteiger partial charge in [-0.2, -0.15) is 0 Å². The van der Waals surface area contributed by atoms with Gasteiger partial charge in [-0.15, -0.1) is 11.8 Å². The lowest BCUT2D eigenvalue weighted by atomic mass is 10.1. The van der Waals surface area contributed by atoms with Crippen molar-refractivity contribution in [1.82, 2.24) is 5.32 Å². The quantitative estimate of drug-likeness (QED) is 0.523. The normalized spacial score (nSPS) is 27.1. The molecule has 0 spiro atoms. The molecule has 3 N–H and O–H groups in total. The molecule has 1 heterocycles. The fraction of sp³-hybridized carbons (Fsp3) is 0.833. The first kappa shape index (κ1) is 12.5. The Labute approximate surface area is 92.8 Å². The molecule has 3 nitrogen and oxygen atoms in total. The molecule has 0 aliphatic carbocycles. The van der Waals surface area contributed by atoms with Gasteiger partial charge in [-0.25, -0.2) is 0 Å². The molecule has 1 saturated heterocycles. The van der Waals surface area contributed by atoms with Crippen molar-refractivity contribution in [2.75, 3.05) is 13.1 Å². The molecule has 0 aromatic heterocycles. The molecule has 0 bridgehead atoms. The minimum atomic E-state index is 0.286. The van der Waals surface area contributed by atoms with Gasteiger partial charge in [0, 0.05) is 25.6 Å². The second-order valence-electron chi connectivity index (χ2n) is 4.04. The summed E-state index contributed by atoms with van der Waals surface area (Å²) in [6, 6.07) is 0.286. The number of nitrogens with two attached hydrogens (primary N) is 1. The average molecular weight is 210 g/mol. The molecule has 3 unspecified atom stereocenters. The van der Waals surface area contributed by atoms with Crippen molar-refractivity contribution in [2.24, 2.45) is 5.73 Å². The lowest BCUT2D eigenvalue weighted by Gasteiger charge is -2.23. The van der Waals surface area contributed by atoms with Crippen molar-refractivity contribution in [3.8, 4) is 11.8 Å². The van der Waals surface area contributed by atoms with E-state index in [0.29, 0.717) is 18.8 Å². The Bertz CT molecular complexity index is 232. The molecule has 15 heavy (non-hydrogen) atoms. The minimum Gasteiger partial charge on any atom is -0.374 e. The van der Waals surface area contributed by atoms with Crippen molar-refractivity contribution >= 4 is 0 Å². The van der Waals surface area contributed by atoms with Gasteiger partial charge in [-0.3, -0.25) is 0 Å². The first-order chi connectivity index (χ1) is 7.27. The molecule has 1 aliphatic heterocycles. The van der Waals surface area contributed by atoms with E-state index < -0.39 is 0 Å². The second-order valence-corrected chi connectivity index (χ2v) is 4.04. The third kappa shape index (κ3) is 4.21.